The van der Waals surface area contributed by atoms with Gasteiger partial charge in [-0.2, -0.15) is 10.2 Å². The summed E-state index contributed by atoms with van der Waals surface area (Å²) in [6.45, 7) is 3.78. The van der Waals surface area contributed by atoms with Crippen molar-refractivity contribution in [1.82, 2.24) is 21.2 Å². The van der Waals surface area contributed by atoms with Gasteiger partial charge in [-0.1, -0.05) is 25.2 Å². The first-order valence-electron chi connectivity index (χ1n) is 6.38. The summed E-state index contributed by atoms with van der Waals surface area (Å²) in [6.07, 6.45) is 2.42. The highest BCUT2D eigenvalue weighted by atomic mass is 32.1. The van der Waals surface area contributed by atoms with E-state index in [1.54, 1.807) is 13.2 Å². The van der Waals surface area contributed by atoms with E-state index in [0.717, 1.165) is 6.42 Å². The lowest BCUT2D eigenvalue weighted by Crippen LogP contribution is -2.31. The van der Waals surface area contributed by atoms with Crippen LogP contribution in [0.2, 0.25) is 0 Å². The molecule has 21 heavy (non-hydrogen) atoms. The van der Waals surface area contributed by atoms with E-state index in [0.29, 0.717) is 27.2 Å². The monoisotopic (exact) mass is 322 g/mol. The van der Waals surface area contributed by atoms with Crippen LogP contribution in [0.3, 0.4) is 0 Å². The zero-order chi connectivity index (χ0) is 15.7. The molecule has 3 N–H and O–H groups in total. The lowest BCUT2D eigenvalue weighted by Gasteiger charge is -2.08. The highest BCUT2D eigenvalue weighted by Gasteiger charge is 2.09. The van der Waals surface area contributed by atoms with Crippen molar-refractivity contribution in [1.29, 1.82) is 0 Å². The molecule has 0 fully saturated rings. The first-order chi connectivity index (χ1) is 10.1. The molecule has 1 rings (SSSR count). The SMILES string of the molecule is CCC(=S)NN=C(C)C(=NNC(=S)NC)c1ccccn1. The Hall–Kier alpha value is -1.93. The predicted molar refractivity (Wildman–Crippen MR) is 94.7 cm³/mol. The second kappa shape index (κ2) is 9.09. The minimum absolute atomic E-state index is 0.410. The summed E-state index contributed by atoms with van der Waals surface area (Å²) in [5.41, 5.74) is 7.48. The van der Waals surface area contributed by atoms with Crippen molar-refractivity contribution in [2.75, 3.05) is 7.05 Å². The fourth-order valence-electron chi connectivity index (χ4n) is 1.27. The summed E-state index contributed by atoms with van der Waals surface area (Å²) in [5, 5.41) is 11.7. The first-order valence-corrected chi connectivity index (χ1v) is 7.20. The number of rotatable bonds is 5. The molecule has 1 heterocycles. The van der Waals surface area contributed by atoms with Gasteiger partial charge in [0.25, 0.3) is 0 Å². The van der Waals surface area contributed by atoms with Crippen LogP contribution < -0.4 is 16.2 Å². The van der Waals surface area contributed by atoms with Crippen molar-refractivity contribution in [2.45, 2.75) is 20.3 Å². The Morgan fingerprint density at radius 3 is 2.57 bits per heavy atom. The molecule has 8 heteroatoms. The molecule has 0 aliphatic heterocycles. The molecule has 0 aliphatic rings. The van der Waals surface area contributed by atoms with Crippen molar-refractivity contribution in [3.8, 4) is 0 Å². The van der Waals surface area contributed by atoms with Gasteiger partial charge in [-0.05, 0) is 37.7 Å². The molecule has 0 radical (unpaired) electrons. The lowest BCUT2D eigenvalue weighted by atomic mass is 10.2. The molecule has 0 bridgehead atoms. The molecule has 0 unspecified atom stereocenters. The number of hydrazone groups is 2. The van der Waals surface area contributed by atoms with Gasteiger partial charge in [-0.25, -0.2) is 0 Å². The van der Waals surface area contributed by atoms with Gasteiger partial charge >= 0.3 is 0 Å². The fraction of sp³-hybridized carbons (Fsp3) is 0.308. The van der Waals surface area contributed by atoms with Gasteiger partial charge in [0.15, 0.2) is 5.11 Å². The molecule has 112 valence electrons. The van der Waals surface area contributed by atoms with Crippen molar-refractivity contribution in [3.05, 3.63) is 30.1 Å². The minimum Gasteiger partial charge on any atom is -0.364 e. The molecule has 1 aromatic rings. The van der Waals surface area contributed by atoms with Gasteiger partial charge < -0.3 is 5.32 Å². The highest BCUT2D eigenvalue weighted by Crippen LogP contribution is 1.99. The van der Waals surface area contributed by atoms with Crippen LogP contribution >= 0.6 is 24.4 Å². The van der Waals surface area contributed by atoms with E-state index in [4.69, 9.17) is 24.4 Å². The quantitative estimate of drug-likeness (QED) is 0.434. The van der Waals surface area contributed by atoms with Crippen LogP contribution in [0.15, 0.2) is 34.6 Å². The standard InChI is InChI=1S/C13H18N6S2/c1-4-11(20)17-16-9(2)12(18-19-13(21)14-3)10-7-5-6-8-15-10/h5-8H,4H2,1-3H3,(H,17,20)(H2,14,19,21). The summed E-state index contributed by atoms with van der Waals surface area (Å²) in [6, 6.07) is 5.56. The number of hydrogen-bond donors (Lipinski definition) is 3. The number of pyridine rings is 1. The largest absolute Gasteiger partial charge is 0.364 e. The number of thiocarbonyl (C=S) groups is 2. The zero-order valence-corrected chi connectivity index (χ0v) is 13.8. The second-order valence-corrected chi connectivity index (χ2v) is 4.85. The van der Waals surface area contributed by atoms with Crippen molar-refractivity contribution in [2.24, 2.45) is 10.2 Å². The summed E-state index contributed by atoms with van der Waals surface area (Å²) in [5.74, 6) is 0. The zero-order valence-electron chi connectivity index (χ0n) is 12.2. The van der Waals surface area contributed by atoms with E-state index in [2.05, 4.69) is 31.4 Å². The van der Waals surface area contributed by atoms with E-state index in [1.807, 2.05) is 32.0 Å². The van der Waals surface area contributed by atoms with Crippen LogP contribution in [0, 0.1) is 0 Å². The van der Waals surface area contributed by atoms with Gasteiger partial charge in [0, 0.05) is 13.2 Å². The molecule has 0 atom stereocenters. The number of nitrogens with zero attached hydrogens (tertiary/aromatic N) is 3. The molecule has 0 spiro atoms. The van der Waals surface area contributed by atoms with Crippen molar-refractivity contribution < 1.29 is 0 Å². The van der Waals surface area contributed by atoms with Crippen LogP contribution in [0.4, 0.5) is 0 Å². The molecule has 0 aliphatic carbocycles. The second-order valence-electron chi connectivity index (χ2n) is 3.95. The van der Waals surface area contributed by atoms with Gasteiger partial charge in [0.1, 0.15) is 5.71 Å². The first kappa shape index (κ1) is 17.1. The van der Waals surface area contributed by atoms with Crippen LogP contribution in [-0.4, -0.2) is 33.6 Å². The number of nitrogens with one attached hydrogen (secondary N) is 3. The summed E-state index contributed by atoms with van der Waals surface area (Å²) >= 11 is 10.1. The molecule has 0 amide bonds. The Labute approximate surface area is 135 Å². The van der Waals surface area contributed by atoms with Gasteiger partial charge in [-0.15, -0.1) is 0 Å². The Bertz CT molecular complexity index is 553. The van der Waals surface area contributed by atoms with E-state index >= 15 is 0 Å². The third kappa shape index (κ3) is 5.92. The van der Waals surface area contributed by atoms with E-state index in [9.17, 15) is 0 Å². The molecule has 6 nitrogen and oxygen atoms in total. The average Bonchev–Trinajstić information content (AvgIpc) is 2.53. The third-order valence-corrected chi connectivity index (χ3v) is 3.09. The molecular weight excluding hydrogens is 304 g/mol. The van der Waals surface area contributed by atoms with Crippen LogP contribution in [0.25, 0.3) is 0 Å². The van der Waals surface area contributed by atoms with E-state index < -0.39 is 0 Å². The smallest absolute Gasteiger partial charge is 0.186 e. The van der Waals surface area contributed by atoms with E-state index in [-0.39, 0.29) is 0 Å². The molecule has 0 aromatic carbocycles. The van der Waals surface area contributed by atoms with Crippen LogP contribution in [0.1, 0.15) is 26.0 Å². The summed E-state index contributed by atoms with van der Waals surface area (Å²) < 4.78 is 0. The van der Waals surface area contributed by atoms with Crippen LogP contribution in [0.5, 0.6) is 0 Å². The van der Waals surface area contributed by atoms with Crippen LogP contribution in [-0.2, 0) is 0 Å². The Balaban J connectivity index is 3.02. The average molecular weight is 322 g/mol. The van der Waals surface area contributed by atoms with Gasteiger partial charge in [0.05, 0.1) is 16.4 Å². The highest BCUT2D eigenvalue weighted by molar-refractivity contribution is 7.80. The third-order valence-electron chi connectivity index (χ3n) is 2.42. The lowest BCUT2D eigenvalue weighted by molar-refractivity contribution is 0.972. The molecule has 0 saturated heterocycles. The normalized spacial score (nSPS) is 11.8. The topological polar surface area (TPSA) is 73.7 Å². The van der Waals surface area contributed by atoms with Crippen molar-refractivity contribution >= 4 is 46.0 Å². The maximum absolute atomic E-state index is 5.08. The Morgan fingerprint density at radius 2 is 2.00 bits per heavy atom. The molecule has 1 aromatic heterocycles. The summed E-state index contributed by atoms with van der Waals surface area (Å²) in [7, 11) is 1.72. The maximum atomic E-state index is 5.08. The summed E-state index contributed by atoms with van der Waals surface area (Å²) in [4.78, 5) is 4.94. The molecular formula is C13H18N6S2. The Morgan fingerprint density at radius 1 is 1.24 bits per heavy atom. The van der Waals surface area contributed by atoms with Gasteiger partial charge in [-0.3, -0.25) is 15.8 Å². The fourth-order valence-corrected chi connectivity index (χ4v) is 1.36. The molecule has 0 saturated carbocycles. The van der Waals surface area contributed by atoms with E-state index in [1.165, 1.54) is 0 Å². The number of aromatic nitrogens is 1. The van der Waals surface area contributed by atoms with Crippen molar-refractivity contribution in [3.63, 3.8) is 0 Å². The maximum Gasteiger partial charge on any atom is 0.186 e. The minimum atomic E-state index is 0.410. The predicted octanol–water partition coefficient (Wildman–Crippen LogP) is 1.58. The van der Waals surface area contributed by atoms with Gasteiger partial charge in [0.2, 0.25) is 0 Å². The Kier molecular flexibility index (Phi) is 7.41. The number of hydrogen-bond acceptors (Lipinski definition) is 5.